The highest BCUT2D eigenvalue weighted by Crippen LogP contribution is 2.31. The van der Waals surface area contributed by atoms with Crippen LogP contribution in [0.1, 0.15) is 17.4 Å². The second-order valence-electron chi connectivity index (χ2n) is 7.36. The van der Waals surface area contributed by atoms with Crippen LogP contribution in [0.5, 0.6) is 0 Å². The summed E-state index contributed by atoms with van der Waals surface area (Å²) < 4.78 is 2.63. The molecule has 0 saturated carbocycles. The van der Waals surface area contributed by atoms with E-state index in [9.17, 15) is 9.59 Å². The molecular formula is C22H16ClN7O3S. The molecule has 1 amide bonds. The molecule has 3 aromatic heterocycles. The highest BCUT2D eigenvalue weighted by Gasteiger charge is 2.21. The summed E-state index contributed by atoms with van der Waals surface area (Å²) in [5, 5.41) is 24.4. The molecule has 0 aliphatic carbocycles. The number of carboxylic acids is 1. The minimum Gasteiger partial charge on any atom is -0.480 e. The summed E-state index contributed by atoms with van der Waals surface area (Å²) >= 11 is 7.56. The third kappa shape index (κ3) is 4.14. The number of nitrogens with zero attached hydrogens (tertiary/aromatic N) is 5. The lowest BCUT2D eigenvalue weighted by Crippen LogP contribution is -2.38. The molecule has 0 bridgehead atoms. The summed E-state index contributed by atoms with van der Waals surface area (Å²) in [5.74, 6) is -1.28. The Hall–Kier alpha value is -4.09. The fraction of sp³-hybridized carbons (Fsp3) is 0.0909. The number of aliphatic carboxylic acids is 1. The minimum atomic E-state index is -1.15. The number of carboxylic acid groups (broad SMARTS) is 1. The van der Waals surface area contributed by atoms with Crippen molar-refractivity contribution in [1.82, 2.24) is 29.9 Å². The highest BCUT2D eigenvalue weighted by atomic mass is 35.5. The fourth-order valence-corrected chi connectivity index (χ4v) is 4.45. The topological polar surface area (TPSA) is 134 Å². The van der Waals surface area contributed by atoms with E-state index < -0.39 is 17.9 Å². The molecule has 0 fully saturated rings. The molecule has 5 rings (SSSR count). The molecule has 34 heavy (non-hydrogen) atoms. The average Bonchev–Trinajstić information content (AvgIpc) is 3.42. The van der Waals surface area contributed by atoms with Gasteiger partial charge in [-0.3, -0.25) is 14.0 Å². The Morgan fingerprint density at radius 2 is 1.94 bits per heavy atom. The quantitative estimate of drug-likeness (QED) is 0.323. The standard InChI is InChI=1S/C22H16ClN7O3S/c1-11(21(32)33)25-20(31)17-19-29-28-18(30(19)9-8-24-17)12-2-5-14(6-3-12)26-22-27-15-7-4-13(23)10-16(15)34-22/h2-11H,1H3,(H,25,31)(H,26,27)(H,32,33)/t11-/m0/s1. The number of rotatable bonds is 6. The van der Waals surface area contributed by atoms with Gasteiger partial charge in [0, 0.05) is 28.7 Å². The van der Waals surface area contributed by atoms with E-state index in [1.807, 2.05) is 42.5 Å². The predicted octanol–water partition coefficient (Wildman–Crippen LogP) is 4.00. The number of fused-ring (bicyclic) bond motifs is 2. The Balaban J connectivity index is 1.39. The largest absolute Gasteiger partial charge is 0.480 e. The van der Waals surface area contributed by atoms with Gasteiger partial charge in [0.2, 0.25) is 0 Å². The van der Waals surface area contributed by atoms with Crippen LogP contribution in [0, 0.1) is 0 Å². The van der Waals surface area contributed by atoms with Crippen molar-refractivity contribution in [2.75, 3.05) is 5.32 Å². The Kier molecular flexibility index (Phi) is 5.56. The van der Waals surface area contributed by atoms with Crippen LogP contribution in [0.25, 0.3) is 27.3 Å². The third-order valence-electron chi connectivity index (χ3n) is 5.00. The molecule has 0 aliphatic heterocycles. The van der Waals surface area contributed by atoms with Gasteiger partial charge >= 0.3 is 5.97 Å². The van der Waals surface area contributed by atoms with Gasteiger partial charge in [0.15, 0.2) is 22.3 Å². The van der Waals surface area contributed by atoms with Crippen molar-refractivity contribution in [2.45, 2.75) is 13.0 Å². The van der Waals surface area contributed by atoms with E-state index in [2.05, 4.69) is 30.8 Å². The summed E-state index contributed by atoms with van der Waals surface area (Å²) in [6.45, 7) is 1.37. The molecular weight excluding hydrogens is 478 g/mol. The van der Waals surface area contributed by atoms with Gasteiger partial charge in [0.05, 0.1) is 10.2 Å². The summed E-state index contributed by atoms with van der Waals surface area (Å²) in [4.78, 5) is 32.1. The van der Waals surface area contributed by atoms with Gasteiger partial charge in [-0.1, -0.05) is 22.9 Å². The molecule has 10 nitrogen and oxygen atoms in total. The first-order chi connectivity index (χ1) is 16.4. The smallest absolute Gasteiger partial charge is 0.325 e. The van der Waals surface area contributed by atoms with Crippen LogP contribution in [0.3, 0.4) is 0 Å². The SMILES string of the molecule is C[C@H](NC(=O)c1nccn2c(-c3ccc(Nc4nc5ccc(Cl)cc5s4)cc3)nnc12)C(=O)O. The van der Waals surface area contributed by atoms with Crippen LogP contribution < -0.4 is 10.6 Å². The van der Waals surface area contributed by atoms with E-state index >= 15 is 0 Å². The zero-order valence-corrected chi connectivity index (χ0v) is 19.1. The Labute approximate surface area is 201 Å². The van der Waals surface area contributed by atoms with Crippen molar-refractivity contribution in [3.63, 3.8) is 0 Å². The van der Waals surface area contributed by atoms with Crippen molar-refractivity contribution < 1.29 is 14.7 Å². The highest BCUT2D eigenvalue weighted by molar-refractivity contribution is 7.22. The molecule has 5 aromatic rings. The zero-order valence-electron chi connectivity index (χ0n) is 17.6. The van der Waals surface area contributed by atoms with Crippen LogP contribution in [-0.4, -0.2) is 47.6 Å². The molecule has 0 saturated heterocycles. The molecule has 3 N–H and O–H groups in total. The van der Waals surface area contributed by atoms with Gasteiger partial charge in [-0.15, -0.1) is 10.2 Å². The van der Waals surface area contributed by atoms with E-state index in [1.165, 1.54) is 24.5 Å². The molecule has 0 aliphatic rings. The number of benzene rings is 2. The predicted molar refractivity (Wildman–Crippen MR) is 129 cm³/mol. The van der Waals surface area contributed by atoms with Crippen molar-refractivity contribution in [1.29, 1.82) is 0 Å². The maximum absolute atomic E-state index is 12.5. The van der Waals surface area contributed by atoms with Gasteiger partial charge in [-0.2, -0.15) is 0 Å². The number of nitrogens with one attached hydrogen (secondary N) is 2. The Morgan fingerprint density at radius 1 is 1.15 bits per heavy atom. The number of carbonyl (C=O) groups excluding carboxylic acids is 1. The van der Waals surface area contributed by atoms with Crippen LogP contribution in [0.4, 0.5) is 10.8 Å². The summed E-state index contributed by atoms with van der Waals surface area (Å²) in [6.07, 6.45) is 3.08. The molecule has 0 unspecified atom stereocenters. The number of carbonyl (C=O) groups is 2. The summed E-state index contributed by atoms with van der Waals surface area (Å²) in [6, 6.07) is 12.0. The fourth-order valence-electron chi connectivity index (χ4n) is 3.29. The third-order valence-corrected chi connectivity index (χ3v) is 6.17. The molecule has 170 valence electrons. The number of hydrogen-bond acceptors (Lipinski definition) is 8. The van der Waals surface area contributed by atoms with Gasteiger partial charge in [0.25, 0.3) is 5.91 Å². The van der Waals surface area contributed by atoms with E-state index in [0.29, 0.717) is 10.8 Å². The lowest BCUT2D eigenvalue weighted by Gasteiger charge is -2.09. The maximum atomic E-state index is 12.5. The number of thiazole rings is 1. The molecule has 2 aromatic carbocycles. The van der Waals surface area contributed by atoms with Gasteiger partial charge < -0.3 is 15.7 Å². The van der Waals surface area contributed by atoms with Crippen LogP contribution in [0.2, 0.25) is 5.02 Å². The first-order valence-corrected chi connectivity index (χ1v) is 11.3. The molecule has 0 radical (unpaired) electrons. The molecule has 0 spiro atoms. The van der Waals surface area contributed by atoms with Crippen molar-refractivity contribution in [3.8, 4) is 11.4 Å². The van der Waals surface area contributed by atoms with Crippen LogP contribution in [0.15, 0.2) is 54.9 Å². The van der Waals surface area contributed by atoms with Crippen LogP contribution >= 0.6 is 22.9 Å². The van der Waals surface area contributed by atoms with Crippen molar-refractivity contribution in [3.05, 3.63) is 65.6 Å². The van der Waals surface area contributed by atoms with Gasteiger partial charge in [-0.05, 0) is 49.4 Å². The van der Waals surface area contributed by atoms with Crippen LogP contribution in [-0.2, 0) is 4.79 Å². The van der Waals surface area contributed by atoms with E-state index in [4.69, 9.17) is 16.7 Å². The molecule has 12 heteroatoms. The van der Waals surface area contributed by atoms with Gasteiger partial charge in [0.1, 0.15) is 6.04 Å². The number of amides is 1. The Bertz CT molecular complexity index is 1550. The second kappa shape index (κ2) is 8.69. The summed E-state index contributed by atoms with van der Waals surface area (Å²) in [7, 11) is 0. The number of halogens is 1. The number of hydrogen-bond donors (Lipinski definition) is 3. The lowest BCUT2D eigenvalue weighted by atomic mass is 10.2. The Morgan fingerprint density at radius 3 is 2.71 bits per heavy atom. The van der Waals surface area contributed by atoms with Gasteiger partial charge in [-0.25, -0.2) is 9.97 Å². The molecule has 3 heterocycles. The first kappa shape index (κ1) is 21.7. The molecule has 1 atom stereocenters. The zero-order chi connectivity index (χ0) is 23.8. The maximum Gasteiger partial charge on any atom is 0.325 e. The summed E-state index contributed by atoms with van der Waals surface area (Å²) in [5.41, 5.74) is 2.69. The number of anilines is 2. The van der Waals surface area contributed by atoms with E-state index in [0.717, 1.165) is 26.6 Å². The van der Waals surface area contributed by atoms with E-state index in [1.54, 1.807) is 10.6 Å². The normalized spacial score (nSPS) is 12.1. The monoisotopic (exact) mass is 493 g/mol. The van der Waals surface area contributed by atoms with E-state index in [-0.39, 0.29) is 11.3 Å². The lowest BCUT2D eigenvalue weighted by molar-refractivity contribution is -0.138. The first-order valence-electron chi connectivity index (χ1n) is 10.1. The van der Waals surface area contributed by atoms with Crippen molar-refractivity contribution >= 4 is 61.5 Å². The minimum absolute atomic E-state index is 0.0106. The average molecular weight is 494 g/mol. The second-order valence-corrected chi connectivity index (χ2v) is 8.83. The van der Waals surface area contributed by atoms with Crippen molar-refractivity contribution in [2.24, 2.45) is 0 Å². The number of aromatic nitrogens is 5.